The van der Waals surface area contributed by atoms with Crippen LogP contribution in [-0.4, -0.2) is 29.6 Å². The number of hydroxylamine groups is 2. The molecular formula is C18H15BrN2O3S. The number of benzene rings is 2. The van der Waals surface area contributed by atoms with Crippen LogP contribution in [0.25, 0.3) is 10.1 Å². The third kappa shape index (κ3) is 3.58. The number of carbonyl (C=O) groups is 2. The van der Waals surface area contributed by atoms with E-state index in [0.29, 0.717) is 28.6 Å². The number of carbonyl (C=O) groups excluding carboxylic acids is 2. The first-order chi connectivity index (χ1) is 12.0. The van der Waals surface area contributed by atoms with Crippen LogP contribution in [0.4, 0.5) is 5.69 Å². The number of hydrogen-bond acceptors (Lipinski definition) is 4. The average molecular weight is 419 g/mol. The fourth-order valence-electron chi connectivity index (χ4n) is 2.56. The zero-order valence-corrected chi connectivity index (χ0v) is 15.8. The van der Waals surface area contributed by atoms with Gasteiger partial charge in [0.1, 0.15) is 4.88 Å². The number of rotatable bonds is 5. The molecule has 0 aliphatic rings. The van der Waals surface area contributed by atoms with Crippen molar-refractivity contribution in [1.29, 1.82) is 0 Å². The highest BCUT2D eigenvalue weighted by molar-refractivity contribution is 9.10. The Morgan fingerprint density at radius 3 is 2.52 bits per heavy atom. The van der Waals surface area contributed by atoms with E-state index in [1.165, 1.54) is 23.3 Å². The second kappa shape index (κ2) is 7.35. The summed E-state index contributed by atoms with van der Waals surface area (Å²) >= 11 is 4.64. The van der Waals surface area contributed by atoms with Gasteiger partial charge < -0.3 is 4.90 Å². The van der Waals surface area contributed by atoms with E-state index in [1.54, 1.807) is 0 Å². The van der Waals surface area contributed by atoms with Crippen LogP contribution < -0.4 is 4.90 Å². The Kier molecular flexibility index (Phi) is 5.17. The summed E-state index contributed by atoms with van der Waals surface area (Å²) in [5, 5.41) is 10.9. The van der Waals surface area contributed by atoms with E-state index in [1.807, 2.05) is 48.5 Å². The molecule has 2 amide bonds. The molecule has 1 aromatic heterocycles. The number of nitrogens with zero attached hydrogens (tertiary/aromatic N) is 2. The van der Waals surface area contributed by atoms with Gasteiger partial charge in [-0.3, -0.25) is 14.8 Å². The molecular weight excluding hydrogens is 404 g/mol. The van der Waals surface area contributed by atoms with Gasteiger partial charge in [-0.15, -0.1) is 11.3 Å². The molecule has 1 N–H and O–H groups in total. The zero-order chi connectivity index (χ0) is 18.0. The molecule has 25 heavy (non-hydrogen) atoms. The molecule has 0 unspecified atom stereocenters. The molecule has 0 fully saturated rings. The van der Waals surface area contributed by atoms with Crippen LogP contribution in [0.15, 0.2) is 53.0 Å². The molecule has 3 rings (SSSR count). The van der Waals surface area contributed by atoms with Gasteiger partial charge in [-0.25, -0.2) is 5.06 Å². The van der Waals surface area contributed by atoms with E-state index >= 15 is 0 Å². The summed E-state index contributed by atoms with van der Waals surface area (Å²) in [6.07, 6.45) is 0.713. The van der Waals surface area contributed by atoms with Gasteiger partial charge in [0.15, 0.2) is 0 Å². The van der Waals surface area contributed by atoms with E-state index < -0.39 is 5.91 Å². The lowest BCUT2D eigenvalue weighted by Gasteiger charge is -2.19. The lowest BCUT2D eigenvalue weighted by Crippen LogP contribution is -2.26. The minimum atomic E-state index is -0.543. The van der Waals surface area contributed by atoms with E-state index in [9.17, 15) is 14.8 Å². The molecule has 3 aromatic rings. The minimum absolute atomic E-state index is 0.326. The van der Waals surface area contributed by atoms with Crippen LogP contribution in [0.1, 0.15) is 15.2 Å². The van der Waals surface area contributed by atoms with E-state index in [2.05, 4.69) is 15.9 Å². The lowest BCUT2D eigenvalue weighted by atomic mass is 10.1. The predicted octanol–water partition coefficient (Wildman–Crippen LogP) is 4.29. The number of thiophene rings is 1. The second-order valence-electron chi connectivity index (χ2n) is 5.46. The topological polar surface area (TPSA) is 60.9 Å². The Labute approximate surface area is 157 Å². The van der Waals surface area contributed by atoms with Crippen molar-refractivity contribution in [1.82, 2.24) is 5.06 Å². The molecule has 0 aliphatic carbocycles. The van der Waals surface area contributed by atoms with Gasteiger partial charge in [-0.2, -0.15) is 0 Å². The summed E-state index contributed by atoms with van der Waals surface area (Å²) in [5.41, 5.74) is 1.45. The van der Waals surface area contributed by atoms with Gasteiger partial charge in [0, 0.05) is 21.6 Å². The first kappa shape index (κ1) is 17.6. The Balaban J connectivity index is 2.10. The molecule has 0 atom stereocenters. The summed E-state index contributed by atoms with van der Waals surface area (Å²) in [5.74, 6) is -0.543. The minimum Gasteiger partial charge on any atom is -0.308 e. The van der Waals surface area contributed by atoms with Gasteiger partial charge in [0.25, 0.3) is 5.91 Å². The van der Waals surface area contributed by atoms with Gasteiger partial charge in [0.05, 0.1) is 12.2 Å². The molecule has 0 spiro atoms. The van der Waals surface area contributed by atoms with Crippen LogP contribution >= 0.6 is 27.3 Å². The summed E-state index contributed by atoms with van der Waals surface area (Å²) in [4.78, 5) is 26.0. The Morgan fingerprint density at radius 1 is 1.20 bits per heavy atom. The first-order valence-electron chi connectivity index (χ1n) is 7.46. The largest absolute Gasteiger partial charge is 0.308 e. The number of anilines is 1. The second-order valence-corrected chi connectivity index (χ2v) is 7.43. The van der Waals surface area contributed by atoms with Crippen molar-refractivity contribution in [2.45, 2.75) is 6.54 Å². The van der Waals surface area contributed by atoms with Crippen LogP contribution in [0, 0.1) is 0 Å². The predicted molar refractivity (Wildman–Crippen MR) is 102 cm³/mol. The van der Waals surface area contributed by atoms with E-state index in [0.717, 1.165) is 20.1 Å². The fourth-order valence-corrected chi connectivity index (χ4v) is 4.01. The van der Waals surface area contributed by atoms with E-state index in [-0.39, 0.29) is 0 Å². The molecule has 2 aromatic carbocycles. The normalized spacial score (nSPS) is 10.7. The van der Waals surface area contributed by atoms with Gasteiger partial charge in [0.2, 0.25) is 6.41 Å². The van der Waals surface area contributed by atoms with E-state index in [4.69, 9.17) is 0 Å². The third-order valence-electron chi connectivity index (χ3n) is 3.74. The summed E-state index contributed by atoms with van der Waals surface area (Å²) in [6.45, 7) is 0.326. The van der Waals surface area contributed by atoms with Crippen molar-refractivity contribution in [2.24, 2.45) is 0 Å². The molecule has 0 aliphatic heterocycles. The van der Waals surface area contributed by atoms with Crippen molar-refractivity contribution in [2.75, 3.05) is 11.9 Å². The Morgan fingerprint density at radius 2 is 1.88 bits per heavy atom. The first-order valence-corrected chi connectivity index (χ1v) is 9.07. The fraction of sp³-hybridized carbons (Fsp3) is 0.111. The average Bonchev–Trinajstić information content (AvgIpc) is 3.00. The molecule has 0 bridgehead atoms. The molecule has 5 nitrogen and oxygen atoms in total. The molecule has 7 heteroatoms. The standard InChI is InChI=1S/C18H15BrN2O3S/c1-20(24)18(23)17-16(14-4-2-3-5-15(14)25-17)21(11-22)10-12-6-8-13(19)9-7-12/h2-9,11,24H,10H2,1H3. The molecule has 128 valence electrons. The SMILES string of the molecule is CN(O)C(=O)c1sc2ccccc2c1N(C=O)Cc1ccc(Br)cc1. The maximum absolute atomic E-state index is 12.4. The summed E-state index contributed by atoms with van der Waals surface area (Å²) in [7, 11) is 1.27. The Bertz CT molecular complexity index is 922. The molecule has 0 radical (unpaired) electrons. The van der Waals surface area contributed by atoms with Crippen molar-refractivity contribution in [3.63, 3.8) is 0 Å². The molecule has 0 saturated carbocycles. The maximum Gasteiger partial charge on any atom is 0.289 e. The smallest absolute Gasteiger partial charge is 0.289 e. The summed E-state index contributed by atoms with van der Waals surface area (Å²) in [6, 6.07) is 15.1. The van der Waals surface area contributed by atoms with Crippen LogP contribution in [0.2, 0.25) is 0 Å². The van der Waals surface area contributed by atoms with Crippen LogP contribution in [-0.2, 0) is 11.3 Å². The van der Waals surface area contributed by atoms with Crippen molar-refractivity contribution < 1.29 is 14.8 Å². The monoisotopic (exact) mass is 418 g/mol. The Hall–Kier alpha value is -2.22. The van der Waals surface area contributed by atoms with Crippen molar-refractivity contribution in [3.05, 3.63) is 63.4 Å². The highest BCUT2D eigenvalue weighted by Gasteiger charge is 2.24. The molecule has 0 saturated heterocycles. The highest BCUT2D eigenvalue weighted by atomic mass is 79.9. The van der Waals surface area contributed by atoms with Gasteiger partial charge in [-0.1, -0.05) is 46.3 Å². The number of amides is 2. The summed E-state index contributed by atoms with van der Waals surface area (Å²) < 4.78 is 1.83. The molecule has 1 heterocycles. The van der Waals surface area contributed by atoms with Gasteiger partial charge >= 0.3 is 0 Å². The van der Waals surface area contributed by atoms with Crippen molar-refractivity contribution in [3.8, 4) is 0 Å². The number of halogens is 1. The van der Waals surface area contributed by atoms with Crippen molar-refractivity contribution >= 4 is 55.4 Å². The van der Waals surface area contributed by atoms with Crippen LogP contribution in [0.3, 0.4) is 0 Å². The van der Waals surface area contributed by atoms with Gasteiger partial charge in [-0.05, 0) is 23.8 Å². The third-order valence-corrected chi connectivity index (χ3v) is 5.41. The number of hydrogen-bond donors (Lipinski definition) is 1. The maximum atomic E-state index is 12.4. The lowest BCUT2D eigenvalue weighted by molar-refractivity contribution is -0.107. The zero-order valence-electron chi connectivity index (χ0n) is 13.3. The quantitative estimate of drug-likeness (QED) is 0.381. The van der Waals surface area contributed by atoms with Crippen LogP contribution in [0.5, 0.6) is 0 Å². The highest BCUT2D eigenvalue weighted by Crippen LogP contribution is 2.39. The number of fused-ring (bicyclic) bond motifs is 1.